The summed E-state index contributed by atoms with van der Waals surface area (Å²) in [6.07, 6.45) is -0.551. The Morgan fingerprint density at radius 2 is 1.83 bits per heavy atom. The summed E-state index contributed by atoms with van der Waals surface area (Å²) in [5.74, 6) is 2.82. The molecule has 2 aliphatic heterocycles. The number of thiophene rings is 1. The molecular weight excluding hydrogens is 402 g/mol. The molecule has 0 saturated carbocycles. The summed E-state index contributed by atoms with van der Waals surface area (Å²) in [6.45, 7) is 2.79. The number of hydrogen-bond acceptors (Lipinski definition) is 6. The van der Waals surface area contributed by atoms with Gasteiger partial charge in [0, 0.05) is 11.4 Å². The molecule has 6 nitrogen and oxygen atoms in total. The number of β-lactam (4-membered cyclic amide) rings is 1. The molecule has 2 aliphatic rings. The van der Waals surface area contributed by atoms with Crippen molar-refractivity contribution >= 4 is 17.2 Å². The van der Waals surface area contributed by atoms with E-state index in [9.17, 15) is 4.79 Å². The summed E-state index contributed by atoms with van der Waals surface area (Å²) in [4.78, 5) is 16.1. The van der Waals surface area contributed by atoms with Gasteiger partial charge < -0.3 is 23.8 Å². The van der Waals surface area contributed by atoms with Gasteiger partial charge in [-0.05, 0) is 65.9 Å². The molecule has 1 aromatic heterocycles. The smallest absolute Gasteiger partial charge is 0.267 e. The van der Waals surface area contributed by atoms with E-state index in [0.29, 0.717) is 12.3 Å². The predicted molar refractivity (Wildman–Crippen MR) is 112 cm³/mol. The largest absolute Gasteiger partial charge is 0.497 e. The van der Waals surface area contributed by atoms with Gasteiger partial charge in [0.2, 0.25) is 12.9 Å². The van der Waals surface area contributed by atoms with Gasteiger partial charge in [0.25, 0.3) is 5.91 Å². The molecule has 2 atom stereocenters. The molecule has 2 aromatic carbocycles. The number of nitrogens with zero attached hydrogens (tertiary/aromatic N) is 1. The number of carbonyl (C=O) groups is 1. The Bertz CT molecular complexity index is 1080. The average molecular weight is 423 g/mol. The van der Waals surface area contributed by atoms with Gasteiger partial charge in [0.15, 0.2) is 11.5 Å². The first-order valence-electron chi connectivity index (χ1n) is 9.68. The summed E-state index contributed by atoms with van der Waals surface area (Å²) in [6, 6.07) is 15.0. The van der Waals surface area contributed by atoms with Crippen LogP contribution in [0.3, 0.4) is 0 Å². The fourth-order valence-corrected chi connectivity index (χ4v) is 4.87. The topological polar surface area (TPSA) is 57.2 Å². The third-order valence-corrected chi connectivity index (χ3v) is 6.52. The Labute approximate surface area is 178 Å². The Morgan fingerprint density at radius 1 is 1.07 bits per heavy atom. The first-order chi connectivity index (χ1) is 14.6. The highest BCUT2D eigenvalue weighted by atomic mass is 32.1. The van der Waals surface area contributed by atoms with Gasteiger partial charge in [0.1, 0.15) is 17.5 Å². The molecule has 0 N–H and O–H groups in total. The van der Waals surface area contributed by atoms with E-state index < -0.39 is 6.10 Å². The maximum absolute atomic E-state index is 13.1. The second-order valence-electron chi connectivity index (χ2n) is 7.28. The zero-order chi connectivity index (χ0) is 20.7. The molecule has 0 spiro atoms. The molecule has 1 amide bonds. The third kappa shape index (κ3) is 3.25. The summed E-state index contributed by atoms with van der Waals surface area (Å²) in [7, 11) is 1.62. The molecule has 3 heterocycles. The van der Waals surface area contributed by atoms with E-state index in [1.54, 1.807) is 18.4 Å². The van der Waals surface area contributed by atoms with Crippen LogP contribution in [0.5, 0.6) is 23.0 Å². The second-order valence-corrected chi connectivity index (χ2v) is 8.23. The SMILES string of the molecule is COc1ccc(O[C@H]2C(=O)N(Cc3ccc4c(c3)OCO4)[C@H]2c2sccc2C)cc1. The second kappa shape index (κ2) is 7.57. The predicted octanol–water partition coefficient (Wildman–Crippen LogP) is 4.32. The molecule has 3 aromatic rings. The van der Waals surface area contributed by atoms with Crippen molar-refractivity contribution in [2.75, 3.05) is 13.9 Å². The van der Waals surface area contributed by atoms with Crippen molar-refractivity contribution in [2.24, 2.45) is 0 Å². The van der Waals surface area contributed by atoms with Gasteiger partial charge in [-0.2, -0.15) is 0 Å². The van der Waals surface area contributed by atoms with Crippen molar-refractivity contribution in [1.82, 2.24) is 4.90 Å². The number of carbonyl (C=O) groups excluding carboxylic acids is 1. The maximum atomic E-state index is 13.1. The Balaban J connectivity index is 1.39. The summed E-state index contributed by atoms with van der Waals surface area (Å²) in [5, 5.41) is 2.05. The van der Waals surface area contributed by atoms with Crippen molar-refractivity contribution < 1.29 is 23.7 Å². The zero-order valence-corrected chi connectivity index (χ0v) is 17.5. The number of hydrogen-bond donors (Lipinski definition) is 0. The minimum Gasteiger partial charge on any atom is -0.497 e. The lowest BCUT2D eigenvalue weighted by atomic mass is 9.93. The highest BCUT2D eigenvalue weighted by molar-refractivity contribution is 7.10. The fourth-order valence-electron chi connectivity index (χ4n) is 3.81. The normalized spacial score (nSPS) is 19.5. The monoisotopic (exact) mass is 423 g/mol. The van der Waals surface area contributed by atoms with Crippen molar-refractivity contribution in [1.29, 1.82) is 0 Å². The van der Waals surface area contributed by atoms with Crippen LogP contribution in [0.15, 0.2) is 53.9 Å². The highest BCUT2D eigenvalue weighted by Crippen LogP contribution is 2.43. The van der Waals surface area contributed by atoms with Gasteiger partial charge >= 0.3 is 0 Å². The number of rotatable bonds is 6. The minimum absolute atomic E-state index is 0.0266. The van der Waals surface area contributed by atoms with Crippen molar-refractivity contribution in [3.63, 3.8) is 0 Å². The van der Waals surface area contributed by atoms with Crippen LogP contribution < -0.4 is 18.9 Å². The van der Waals surface area contributed by atoms with E-state index >= 15 is 0 Å². The number of amides is 1. The number of fused-ring (bicyclic) bond motifs is 1. The molecule has 7 heteroatoms. The zero-order valence-electron chi connectivity index (χ0n) is 16.7. The molecule has 30 heavy (non-hydrogen) atoms. The van der Waals surface area contributed by atoms with E-state index in [0.717, 1.165) is 33.3 Å². The van der Waals surface area contributed by atoms with Crippen LogP contribution in [0.2, 0.25) is 0 Å². The van der Waals surface area contributed by atoms with Crippen LogP contribution in [0.4, 0.5) is 0 Å². The Kier molecular flexibility index (Phi) is 4.75. The Morgan fingerprint density at radius 3 is 2.57 bits per heavy atom. The maximum Gasteiger partial charge on any atom is 0.267 e. The number of ether oxygens (including phenoxy) is 4. The molecule has 0 radical (unpaired) electrons. The average Bonchev–Trinajstić information content (AvgIpc) is 3.41. The quantitative estimate of drug-likeness (QED) is 0.553. The molecule has 0 bridgehead atoms. The first-order valence-corrected chi connectivity index (χ1v) is 10.6. The number of methoxy groups -OCH3 is 1. The van der Waals surface area contributed by atoms with E-state index in [1.165, 1.54) is 0 Å². The van der Waals surface area contributed by atoms with Gasteiger partial charge in [0.05, 0.1) is 7.11 Å². The van der Waals surface area contributed by atoms with Crippen LogP contribution in [0.25, 0.3) is 0 Å². The van der Waals surface area contributed by atoms with Crippen molar-refractivity contribution in [3.8, 4) is 23.0 Å². The lowest BCUT2D eigenvalue weighted by molar-refractivity contribution is -0.165. The third-order valence-electron chi connectivity index (χ3n) is 5.43. The summed E-state index contributed by atoms with van der Waals surface area (Å²) < 4.78 is 22.2. The molecule has 154 valence electrons. The van der Waals surface area contributed by atoms with Gasteiger partial charge in [-0.3, -0.25) is 4.79 Å². The van der Waals surface area contributed by atoms with Gasteiger partial charge in [-0.15, -0.1) is 11.3 Å². The molecule has 0 unspecified atom stereocenters. The van der Waals surface area contributed by atoms with Crippen LogP contribution in [-0.2, 0) is 11.3 Å². The number of likely N-dealkylation sites (tertiary alicyclic amines) is 1. The van der Waals surface area contributed by atoms with E-state index in [4.69, 9.17) is 18.9 Å². The molecule has 1 saturated heterocycles. The van der Waals surface area contributed by atoms with Crippen LogP contribution in [0.1, 0.15) is 22.0 Å². The molecular formula is C23H21NO5S. The van der Waals surface area contributed by atoms with Crippen LogP contribution >= 0.6 is 11.3 Å². The molecule has 0 aliphatic carbocycles. The number of aryl methyl sites for hydroxylation is 1. The standard InChI is InChI=1S/C23H21NO5S/c1-14-9-10-30-22(14)20-21(29-17-6-4-16(26-2)5-7-17)23(25)24(20)12-15-3-8-18-19(11-15)28-13-27-18/h3-11,20-21H,12-13H2,1-2H3/t20-,21-/m1/s1. The number of benzene rings is 2. The van der Waals surface area contributed by atoms with Gasteiger partial charge in [-0.1, -0.05) is 6.07 Å². The summed E-state index contributed by atoms with van der Waals surface area (Å²) in [5.41, 5.74) is 2.16. The molecule has 5 rings (SSSR count). The van der Waals surface area contributed by atoms with Crippen molar-refractivity contribution in [2.45, 2.75) is 25.6 Å². The Hall–Kier alpha value is -3.19. The lowest BCUT2D eigenvalue weighted by Crippen LogP contribution is -2.60. The lowest BCUT2D eigenvalue weighted by Gasteiger charge is -2.46. The van der Waals surface area contributed by atoms with E-state index in [1.807, 2.05) is 47.4 Å². The van der Waals surface area contributed by atoms with Gasteiger partial charge in [-0.25, -0.2) is 0 Å². The van der Waals surface area contributed by atoms with Crippen LogP contribution in [0, 0.1) is 6.92 Å². The van der Waals surface area contributed by atoms with E-state index in [-0.39, 0.29) is 18.7 Å². The van der Waals surface area contributed by atoms with Crippen LogP contribution in [-0.4, -0.2) is 30.8 Å². The highest BCUT2D eigenvalue weighted by Gasteiger charge is 2.51. The molecule has 1 fully saturated rings. The minimum atomic E-state index is -0.551. The first kappa shape index (κ1) is 18.8. The van der Waals surface area contributed by atoms with E-state index in [2.05, 4.69) is 18.4 Å². The van der Waals surface area contributed by atoms with Crippen molar-refractivity contribution in [3.05, 3.63) is 69.9 Å². The summed E-state index contributed by atoms with van der Waals surface area (Å²) >= 11 is 1.65. The fraction of sp³-hybridized carbons (Fsp3) is 0.261.